The van der Waals surface area contributed by atoms with Crippen LogP contribution in [0.4, 0.5) is 17.3 Å². The first kappa shape index (κ1) is 20.9. The monoisotopic (exact) mass is 438 g/mol. The lowest BCUT2D eigenvalue weighted by molar-refractivity contribution is 0.270. The van der Waals surface area contributed by atoms with Crippen LogP contribution in [0.25, 0.3) is 17.0 Å². The summed E-state index contributed by atoms with van der Waals surface area (Å²) in [6.45, 7) is 2.01. The molecule has 8 nitrogen and oxygen atoms in total. The van der Waals surface area contributed by atoms with E-state index in [-0.39, 0.29) is 12.6 Å². The molecule has 0 aliphatic rings. The molecule has 0 bridgehead atoms. The molecule has 4 aromatic rings. The molecule has 0 amide bonds. The highest BCUT2D eigenvalue weighted by molar-refractivity contribution is 6.32. The van der Waals surface area contributed by atoms with Crippen LogP contribution in [0.15, 0.2) is 55.0 Å². The Balaban J connectivity index is 1.67. The van der Waals surface area contributed by atoms with Crippen LogP contribution in [0, 0.1) is 0 Å². The van der Waals surface area contributed by atoms with Crippen LogP contribution < -0.4 is 15.0 Å². The summed E-state index contributed by atoms with van der Waals surface area (Å²) in [6, 6.07) is 11.5. The molecule has 9 heteroatoms. The number of pyridine rings is 1. The van der Waals surface area contributed by atoms with Gasteiger partial charge < -0.3 is 20.1 Å². The highest BCUT2D eigenvalue weighted by Crippen LogP contribution is 2.33. The van der Waals surface area contributed by atoms with Crippen molar-refractivity contribution in [1.29, 1.82) is 0 Å². The Hall–Kier alpha value is -3.36. The highest BCUT2D eigenvalue weighted by atomic mass is 35.5. The van der Waals surface area contributed by atoms with E-state index in [0.717, 1.165) is 17.0 Å². The van der Waals surface area contributed by atoms with E-state index < -0.39 is 0 Å². The van der Waals surface area contributed by atoms with Gasteiger partial charge in [0.05, 0.1) is 42.5 Å². The maximum absolute atomic E-state index is 9.42. The van der Waals surface area contributed by atoms with Gasteiger partial charge >= 0.3 is 0 Å². The predicted octanol–water partition coefficient (Wildman–Crippen LogP) is 4.01. The van der Waals surface area contributed by atoms with Crippen molar-refractivity contribution < 1.29 is 9.84 Å². The molecule has 0 aliphatic heterocycles. The van der Waals surface area contributed by atoms with Crippen molar-refractivity contribution in [2.75, 3.05) is 31.0 Å². The molecule has 0 radical (unpaired) electrons. The van der Waals surface area contributed by atoms with Gasteiger partial charge in [-0.05, 0) is 31.2 Å². The number of imidazole rings is 1. The van der Waals surface area contributed by atoms with Gasteiger partial charge in [0.15, 0.2) is 0 Å². The van der Waals surface area contributed by atoms with E-state index in [0.29, 0.717) is 28.1 Å². The summed E-state index contributed by atoms with van der Waals surface area (Å²) in [5.74, 6) is 1.01. The first-order chi connectivity index (χ1) is 15.0. The molecule has 0 spiro atoms. The summed E-state index contributed by atoms with van der Waals surface area (Å²) >= 11 is 6.40. The number of aliphatic hydroxyl groups is 1. The fourth-order valence-electron chi connectivity index (χ4n) is 3.21. The number of fused-ring (bicyclic) bond motifs is 1. The van der Waals surface area contributed by atoms with E-state index in [1.165, 1.54) is 0 Å². The van der Waals surface area contributed by atoms with Crippen molar-refractivity contribution in [2.45, 2.75) is 13.0 Å². The van der Waals surface area contributed by atoms with Gasteiger partial charge in [-0.1, -0.05) is 17.7 Å². The third kappa shape index (κ3) is 4.12. The lowest BCUT2D eigenvalue weighted by Crippen LogP contribution is -2.31. The van der Waals surface area contributed by atoms with Crippen LogP contribution >= 0.6 is 11.6 Å². The molecule has 3 aromatic heterocycles. The van der Waals surface area contributed by atoms with Crippen LogP contribution in [0.5, 0.6) is 5.75 Å². The van der Waals surface area contributed by atoms with E-state index in [4.69, 9.17) is 16.3 Å². The Labute approximate surface area is 185 Å². The third-order valence-electron chi connectivity index (χ3n) is 5.17. The van der Waals surface area contributed by atoms with Crippen molar-refractivity contribution in [2.24, 2.45) is 0 Å². The van der Waals surface area contributed by atoms with Crippen LogP contribution in [-0.2, 0) is 0 Å². The van der Waals surface area contributed by atoms with Crippen molar-refractivity contribution in [3.8, 4) is 17.1 Å². The van der Waals surface area contributed by atoms with Crippen molar-refractivity contribution in [1.82, 2.24) is 19.4 Å². The topological polar surface area (TPSA) is 87.8 Å². The normalized spacial score (nSPS) is 12.0. The number of anilines is 3. The summed E-state index contributed by atoms with van der Waals surface area (Å²) in [5.41, 5.74) is 3.79. The maximum atomic E-state index is 9.42. The minimum Gasteiger partial charge on any atom is -0.494 e. The van der Waals surface area contributed by atoms with Crippen LogP contribution in [-0.4, -0.2) is 51.3 Å². The number of likely N-dealkylation sites (N-methyl/N-ethyl adjacent to an activating group) is 1. The van der Waals surface area contributed by atoms with Gasteiger partial charge in [0.1, 0.15) is 17.1 Å². The van der Waals surface area contributed by atoms with Gasteiger partial charge in [-0.2, -0.15) is 0 Å². The van der Waals surface area contributed by atoms with E-state index >= 15 is 0 Å². The average molecular weight is 439 g/mol. The number of halogens is 1. The Kier molecular flexibility index (Phi) is 5.92. The molecule has 0 fully saturated rings. The van der Waals surface area contributed by atoms with Crippen LogP contribution in [0.1, 0.15) is 6.92 Å². The number of methoxy groups -OCH3 is 1. The quantitative estimate of drug-likeness (QED) is 0.450. The maximum Gasteiger partial charge on any atom is 0.227 e. The molecule has 0 unspecified atom stereocenters. The molecule has 0 saturated heterocycles. The second-order valence-electron chi connectivity index (χ2n) is 7.11. The number of ether oxygens (including phenoxy) is 1. The van der Waals surface area contributed by atoms with E-state index in [1.807, 2.05) is 65.9 Å². The lowest BCUT2D eigenvalue weighted by atomic mass is 10.2. The van der Waals surface area contributed by atoms with Crippen molar-refractivity contribution in [3.63, 3.8) is 0 Å². The Morgan fingerprint density at radius 3 is 2.84 bits per heavy atom. The Morgan fingerprint density at radius 1 is 1.23 bits per heavy atom. The zero-order chi connectivity index (χ0) is 22.0. The molecule has 31 heavy (non-hydrogen) atoms. The number of nitrogens with zero attached hydrogens (tertiary/aromatic N) is 5. The SMILES string of the molecule is COc1cc(N(C)[C@H](C)CO)ccc1Nc1ncc(Cl)c(-c2cnc3ccccn23)n1. The fourth-order valence-corrected chi connectivity index (χ4v) is 3.40. The van der Waals surface area contributed by atoms with E-state index in [2.05, 4.69) is 20.3 Å². The number of hydrogen-bond acceptors (Lipinski definition) is 7. The lowest BCUT2D eigenvalue weighted by Gasteiger charge is -2.26. The molecule has 160 valence electrons. The van der Waals surface area contributed by atoms with Gasteiger partial charge in [-0.3, -0.25) is 4.40 Å². The number of hydrogen-bond donors (Lipinski definition) is 2. The highest BCUT2D eigenvalue weighted by Gasteiger charge is 2.15. The van der Waals surface area contributed by atoms with Crippen LogP contribution in [0.2, 0.25) is 5.02 Å². The standard InChI is InChI=1S/C22H23ClN6O2/c1-14(13-30)28(2)15-7-8-17(19(10-15)31-3)26-22-25-11-16(23)21(27-22)18-12-24-20-6-4-5-9-29(18)20/h4-12,14,30H,13H2,1-3H3,(H,25,26,27)/t14-/m1/s1. The molecular formula is C22H23ClN6O2. The van der Waals surface area contributed by atoms with Gasteiger partial charge in [0.25, 0.3) is 0 Å². The fraction of sp³-hybridized carbons (Fsp3) is 0.227. The summed E-state index contributed by atoms with van der Waals surface area (Å²) in [7, 11) is 3.53. The predicted molar refractivity (Wildman–Crippen MR) is 122 cm³/mol. The number of aromatic nitrogens is 4. The summed E-state index contributed by atoms with van der Waals surface area (Å²) in [4.78, 5) is 15.3. The number of rotatable bonds is 7. The molecule has 4 rings (SSSR count). The van der Waals surface area contributed by atoms with Gasteiger partial charge in [0.2, 0.25) is 5.95 Å². The molecule has 1 aromatic carbocycles. The summed E-state index contributed by atoms with van der Waals surface area (Å²) < 4.78 is 7.48. The second kappa shape index (κ2) is 8.79. The van der Waals surface area contributed by atoms with Crippen LogP contribution in [0.3, 0.4) is 0 Å². The zero-order valence-corrected chi connectivity index (χ0v) is 18.2. The molecular weight excluding hydrogens is 416 g/mol. The minimum atomic E-state index is -0.0175. The van der Waals surface area contributed by atoms with Gasteiger partial charge in [-0.25, -0.2) is 15.0 Å². The van der Waals surface area contributed by atoms with E-state index in [9.17, 15) is 5.11 Å². The Bertz CT molecular complexity index is 1210. The Morgan fingerprint density at radius 2 is 2.06 bits per heavy atom. The summed E-state index contributed by atoms with van der Waals surface area (Å²) in [5, 5.41) is 13.1. The number of nitrogens with one attached hydrogen (secondary N) is 1. The smallest absolute Gasteiger partial charge is 0.227 e. The first-order valence-corrected chi connectivity index (χ1v) is 10.1. The molecule has 0 saturated carbocycles. The molecule has 1 atom stereocenters. The molecule has 0 aliphatic carbocycles. The number of benzene rings is 1. The number of aliphatic hydroxyl groups excluding tert-OH is 1. The first-order valence-electron chi connectivity index (χ1n) is 9.75. The summed E-state index contributed by atoms with van der Waals surface area (Å²) in [6.07, 6.45) is 5.21. The van der Waals surface area contributed by atoms with Gasteiger partial charge in [0, 0.05) is 31.0 Å². The third-order valence-corrected chi connectivity index (χ3v) is 5.44. The second-order valence-corrected chi connectivity index (χ2v) is 7.52. The molecule has 2 N–H and O–H groups in total. The van der Waals surface area contributed by atoms with Crippen molar-refractivity contribution in [3.05, 3.63) is 60.0 Å². The van der Waals surface area contributed by atoms with E-state index in [1.54, 1.807) is 19.5 Å². The van der Waals surface area contributed by atoms with Crippen molar-refractivity contribution >= 4 is 34.6 Å². The average Bonchev–Trinajstić information content (AvgIpc) is 3.23. The van der Waals surface area contributed by atoms with Gasteiger partial charge in [-0.15, -0.1) is 0 Å². The minimum absolute atomic E-state index is 0.0175. The largest absolute Gasteiger partial charge is 0.494 e. The zero-order valence-electron chi connectivity index (χ0n) is 17.5. The molecule has 3 heterocycles.